The van der Waals surface area contributed by atoms with Gasteiger partial charge in [0.05, 0.1) is 1.37 Å². The number of H-pyrrole nitrogens is 1. The van der Waals surface area contributed by atoms with Crippen molar-refractivity contribution in [3.8, 4) is 0 Å². The molecule has 1 nitrogen and oxygen atoms in total. The topological polar surface area (TPSA) is 15.8 Å². The first-order chi connectivity index (χ1) is 6.11. The summed E-state index contributed by atoms with van der Waals surface area (Å²) >= 11 is 0. The third-order valence-electron chi connectivity index (χ3n) is 2.37. The van der Waals surface area contributed by atoms with Gasteiger partial charge in [0, 0.05) is 11.2 Å². The number of aromatic nitrogens is 1. The van der Waals surface area contributed by atoms with Gasteiger partial charge in [0.25, 0.3) is 0 Å². The number of hydrogen-bond acceptors (Lipinski definition) is 0. The highest BCUT2D eigenvalue weighted by atomic mass is 14.7. The second-order valence-electron chi connectivity index (χ2n) is 3.31. The Kier molecular flexibility index (Phi) is 1.25. The van der Waals surface area contributed by atoms with E-state index in [2.05, 4.69) is 24.9 Å². The molecule has 0 aliphatic carbocycles. The number of fused-ring (bicyclic) bond motifs is 1. The molecule has 1 heterocycles. The summed E-state index contributed by atoms with van der Waals surface area (Å²) in [5, 5.41) is 1.03. The van der Waals surface area contributed by atoms with E-state index in [0.29, 0.717) is 6.04 Å². The quantitative estimate of drug-likeness (QED) is 0.611. The zero-order chi connectivity index (χ0) is 9.59. The van der Waals surface area contributed by atoms with Gasteiger partial charge in [0.2, 0.25) is 0 Å². The lowest BCUT2D eigenvalue weighted by atomic mass is 10.1. The second kappa shape index (κ2) is 2.37. The highest BCUT2D eigenvalue weighted by Gasteiger charge is 2.01. The van der Waals surface area contributed by atoms with E-state index in [-0.39, 0.29) is 0 Å². The Labute approximate surface area is 73.8 Å². The van der Waals surface area contributed by atoms with Gasteiger partial charge >= 0.3 is 0 Å². The molecule has 0 amide bonds. The minimum absolute atomic E-state index is 0.623. The second-order valence-corrected chi connectivity index (χ2v) is 3.31. The molecule has 0 unspecified atom stereocenters. The summed E-state index contributed by atoms with van der Waals surface area (Å²) in [7, 11) is 0. The number of aryl methyl sites for hydroxylation is 3. The van der Waals surface area contributed by atoms with Gasteiger partial charge in [-0.3, -0.25) is 0 Å². The molecular formula is C11H13N. The van der Waals surface area contributed by atoms with Gasteiger partial charge in [0.15, 0.2) is 0 Å². The maximum Gasteiger partial charge on any atom is 0.0648 e. The predicted molar refractivity (Wildman–Crippen MR) is 52.5 cm³/mol. The summed E-state index contributed by atoms with van der Waals surface area (Å²) in [5.41, 5.74) is 4.58. The number of nitrogens with one attached hydrogen (secondary N) is 1. The first kappa shape index (κ1) is 6.30. The zero-order valence-corrected chi connectivity index (χ0v) is 7.65. The molecule has 1 aromatic carbocycles. The molecule has 0 radical (unpaired) electrons. The Balaban J connectivity index is 2.94. The minimum atomic E-state index is 0.623. The molecule has 0 aliphatic heterocycles. The number of aromatic amines is 1. The van der Waals surface area contributed by atoms with Crippen LogP contribution in [0.1, 0.15) is 18.2 Å². The number of benzene rings is 1. The van der Waals surface area contributed by atoms with Crippen LogP contribution in [0.3, 0.4) is 0 Å². The van der Waals surface area contributed by atoms with Crippen LogP contribution in [0.15, 0.2) is 18.2 Å². The Morgan fingerprint density at radius 3 is 2.75 bits per heavy atom. The van der Waals surface area contributed by atoms with Crippen LogP contribution in [0.5, 0.6) is 0 Å². The molecule has 62 valence electrons. The molecule has 0 saturated heterocycles. The molecule has 0 bridgehead atoms. The van der Waals surface area contributed by atoms with E-state index in [1.54, 1.807) is 0 Å². The lowest BCUT2D eigenvalue weighted by molar-refractivity contribution is 1.27. The molecule has 0 fully saturated rings. The number of rotatable bonds is 0. The average Bonchev–Trinajstić information content (AvgIpc) is 2.38. The lowest BCUT2D eigenvalue weighted by Gasteiger charge is -1.99. The van der Waals surface area contributed by atoms with Crippen molar-refractivity contribution in [1.29, 1.82) is 0 Å². The van der Waals surface area contributed by atoms with Gasteiger partial charge < -0.3 is 4.98 Å². The Morgan fingerprint density at radius 1 is 1.25 bits per heavy atom. The SMILES string of the molecule is [3H]c1c(C)[nH]c2c(C)c(C)ccc12. The first-order valence-electron chi connectivity index (χ1n) is 4.66. The Morgan fingerprint density at radius 2 is 2.00 bits per heavy atom. The fraction of sp³-hybridized carbons (Fsp3) is 0.273. The molecule has 0 spiro atoms. The van der Waals surface area contributed by atoms with Gasteiger partial charge in [-0.1, -0.05) is 12.1 Å². The van der Waals surface area contributed by atoms with Crippen LogP contribution in [0, 0.1) is 20.8 Å². The Hall–Kier alpha value is -1.24. The van der Waals surface area contributed by atoms with Crippen LogP contribution in [0.4, 0.5) is 0 Å². The third-order valence-corrected chi connectivity index (χ3v) is 2.37. The fourth-order valence-corrected chi connectivity index (χ4v) is 1.50. The standard InChI is InChI=1S/C11H13N/c1-7-4-5-10-6-8(2)12-11(10)9(7)3/h4-6,12H,1-3H3/i6T. The fourth-order valence-electron chi connectivity index (χ4n) is 1.50. The predicted octanol–water partition coefficient (Wildman–Crippen LogP) is 3.09. The first-order valence-corrected chi connectivity index (χ1v) is 4.16. The highest BCUT2D eigenvalue weighted by Crippen LogP contribution is 2.21. The normalized spacial score (nSPS) is 12.1. The van der Waals surface area contributed by atoms with Gasteiger partial charge in [0.1, 0.15) is 0 Å². The van der Waals surface area contributed by atoms with Crippen molar-refractivity contribution in [2.75, 3.05) is 0 Å². The largest absolute Gasteiger partial charge is 0.358 e. The smallest absolute Gasteiger partial charge is 0.0648 e. The van der Waals surface area contributed by atoms with Gasteiger partial charge in [-0.2, -0.15) is 0 Å². The van der Waals surface area contributed by atoms with Crippen molar-refractivity contribution in [1.82, 2.24) is 4.98 Å². The molecule has 12 heavy (non-hydrogen) atoms. The van der Waals surface area contributed by atoms with E-state index in [4.69, 9.17) is 1.37 Å². The van der Waals surface area contributed by atoms with E-state index in [1.807, 2.05) is 13.0 Å². The van der Waals surface area contributed by atoms with Crippen LogP contribution >= 0.6 is 0 Å². The van der Waals surface area contributed by atoms with Crippen molar-refractivity contribution in [2.24, 2.45) is 0 Å². The summed E-state index contributed by atoms with van der Waals surface area (Å²) in [4.78, 5) is 3.25. The van der Waals surface area contributed by atoms with E-state index in [0.717, 1.165) is 16.6 Å². The molecule has 1 N–H and O–H groups in total. The van der Waals surface area contributed by atoms with Crippen molar-refractivity contribution < 1.29 is 1.37 Å². The summed E-state index contributed by atoms with van der Waals surface area (Å²) in [5.74, 6) is 0. The van der Waals surface area contributed by atoms with Gasteiger partial charge in [-0.25, -0.2) is 0 Å². The van der Waals surface area contributed by atoms with E-state index in [9.17, 15) is 0 Å². The zero-order valence-electron chi connectivity index (χ0n) is 8.65. The van der Waals surface area contributed by atoms with Crippen LogP contribution in [-0.4, -0.2) is 4.98 Å². The summed E-state index contributed by atoms with van der Waals surface area (Å²) in [6.45, 7) is 6.12. The monoisotopic (exact) mass is 161 g/mol. The van der Waals surface area contributed by atoms with Crippen LogP contribution in [0.2, 0.25) is 0 Å². The highest BCUT2D eigenvalue weighted by molar-refractivity contribution is 5.84. The van der Waals surface area contributed by atoms with Crippen molar-refractivity contribution in [2.45, 2.75) is 20.8 Å². The molecule has 2 rings (SSSR count). The summed E-state index contributed by atoms with van der Waals surface area (Å²) in [6.07, 6.45) is 0. The summed E-state index contributed by atoms with van der Waals surface area (Å²) < 4.78 is 7.80. The van der Waals surface area contributed by atoms with E-state index >= 15 is 0 Å². The van der Waals surface area contributed by atoms with Crippen LogP contribution in [0.25, 0.3) is 10.9 Å². The van der Waals surface area contributed by atoms with Crippen molar-refractivity contribution in [3.63, 3.8) is 0 Å². The van der Waals surface area contributed by atoms with E-state index in [1.165, 1.54) is 11.1 Å². The van der Waals surface area contributed by atoms with Crippen molar-refractivity contribution in [3.05, 3.63) is 35.0 Å². The molecule has 0 atom stereocenters. The van der Waals surface area contributed by atoms with Crippen LogP contribution < -0.4 is 0 Å². The Bertz CT molecular complexity index is 468. The van der Waals surface area contributed by atoms with Crippen LogP contribution in [-0.2, 0) is 0 Å². The molecule has 2 aromatic rings. The third kappa shape index (κ3) is 0.934. The van der Waals surface area contributed by atoms with Gasteiger partial charge in [-0.05, 0) is 43.3 Å². The molecule has 1 heteroatoms. The maximum atomic E-state index is 7.80. The lowest BCUT2D eigenvalue weighted by Crippen LogP contribution is -1.81. The maximum absolute atomic E-state index is 7.80. The number of hydrogen-bond donors (Lipinski definition) is 1. The summed E-state index contributed by atoms with van der Waals surface area (Å²) in [6, 6.07) is 4.71. The minimum Gasteiger partial charge on any atom is -0.358 e. The molecule has 1 aromatic heterocycles. The molecular weight excluding hydrogens is 146 g/mol. The molecule has 0 aliphatic rings. The van der Waals surface area contributed by atoms with E-state index < -0.39 is 0 Å². The van der Waals surface area contributed by atoms with Gasteiger partial charge in [-0.15, -0.1) is 0 Å². The average molecular weight is 161 g/mol. The van der Waals surface area contributed by atoms with Crippen molar-refractivity contribution >= 4 is 10.9 Å². The molecule has 0 saturated carbocycles.